The van der Waals surface area contributed by atoms with Crippen molar-refractivity contribution in [1.29, 1.82) is 0 Å². The normalized spacial score (nSPS) is 23.0. The molecule has 0 bridgehead atoms. The van der Waals surface area contributed by atoms with Gasteiger partial charge in [-0.1, -0.05) is 29.8 Å². The van der Waals surface area contributed by atoms with Gasteiger partial charge in [-0.05, 0) is 32.3 Å². The third-order valence-corrected chi connectivity index (χ3v) is 3.77. The Bertz CT molecular complexity index is 391. The van der Waals surface area contributed by atoms with Crippen LogP contribution in [0, 0.1) is 0 Å². The molecule has 4 heteroatoms. The van der Waals surface area contributed by atoms with Crippen LogP contribution in [0.15, 0.2) is 24.3 Å². The van der Waals surface area contributed by atoms with E-state index in [0.29, 0.717) is 11.6 Å². The highest BCUT2D eigenvalue weighted by Gasteiger charge is 2.22. The molecule has 0 aliphatic carbocycles. The molecule has 106 valence electrons. The maximum Gasteiger partial charge on any atom is 0.0988 e. The first-order valence-corrected chi connectivity index (χ1v) is 7.29. The lowest BCUT2D eigenvalue weighted by Gasteiger charge is -2.27. The number of hydrogen-bond donors (Lipinski definition) is 1. The molecular formula is C15H22ClNO2. The van der Waals surface area contributed by atoms with Crippen LogP contribution in [-0.4, -0.2) is 25.4 Å². The van der Waals surface area contributed by atoms with E-state index in [1.807, 2.05) is 31.2 Å². The average molecular weight is 284 g/mol. The molecule has 0 amide bonds. The lowest BCUT2D eigenvalue weighted by atomic mass is 10.0. The van der Waals surface area contributed by atoms with Crippen LogP contribution in [0.25, 0.3) is 0 Å². The first-order valence-electron chi connectivity index (χ1n) is 6.91. The topological polar surface area (TPSA) is 44.5 Å². The second-order valence-electron chi connectivity index (χ2n) is 5.12. The average Bonchev–Trinajstić information content (AvgIpc) is 2.42. The van der Waals surface area contributed by atoms with Gasteiger partial charge in [-0.3, -0.25) is 0 Å². The summed E-state index contributed by atoms with van der Waals surface area (Å²) in [6.07, 6.45) is 3.44. The van der Waals surface area contributed by atoms with Gasteiger partial charge in [-0.15, -0.1) is 0 Å². The summed E-state index contributed by atoms with van der Waals surface area (Å²) in [6, 6.07) is 7.60. The zero-order chi connectivity index (χ0) is 13.7. The number of hydrogen-bond acceptors (Lipinski definition) is 3. The fraction of sp³-hybridized carbons (Fsp3) is 0.600. The molecule has 19 heavy (non-hydrogen) atoms. The summed E-state index contributed by atoms with van der Waals surface area (Å²) < 4.78 is 11.7. The minimum atomic E-state index is -0.181. The highest BCUT2D eigenvalue weighted by molar-refractivity contribution is 6.31. The Balaban J connectivity index is 1.98. The number of rotatable bonds is 5. The molecule has 0 radical (unpaired) electrons. The Morgan fingerprint density at radius 2 is 2.21 bits per heavy atom. The zero-order valence-corrected chi connectivity index (χ0v) is 12.1. The van der Waals surface area contributed by atoms with E-state index in [0.717, 1.165) is 25.0 Å². The number of halogens is 1. The van der Waals surface area contributed by atoms with Crippen molar-refractivity contribution < 1.29 is 9.47 Å². The lowest BCUT2D eigenvalue weighted by molar-refractivity contribution is -0.0680. The van der Waals surface area contributed by atoms with Crippen molar-refractivity contribution in [3.05, 3.63) is 34.9 Å². The number of benzene rings is 1. The van der Waals surface area contributed by atoms with Gasteiger partial charge in [0.05, 0.1) is 18.8 Å². The van der Waals surface area contributed by atoms with Crippen molar-refractivity contribution >= 4 is 11.6 Å². The number of nitrogens with two attached hydrogens (primary N) is 1. The second kappa shape index (κ2) is 7.25. The highest BCUT2D eigenvalue weighted by Crippen LogP contribution is 2.28. The summed E-state index contributed by atoms with van der Waals surface area (Å²) in [6.45, 7) is 3.36. The molecule has 1 aromatic carbocycles. The van der Waals surface area contributed by atoms with Crippen molar-refractivity contribution in [3.8, 4) is 0 Å². The maximum atomic E-state index is 6.22. The Hall–Kier alpha value is -0.610. The molecule has 1 fully saturated rings. The molecule has 1 saturated heterocycles. The van der Waals surface area contributed by atoms with E-state index in [-0.39, 0.29) is 18.2 Å². The van der Waals surface area contributed by atoms with Gasteiger partial charge in [0, 0.05) is 23.2 Å². The van der Waals surface area contributed by atoms with E-state index < -0.39 is 0 Å². The first-order chi connectivity index (χ1) is 9.18. The van der Waals surface area contributed by atoms with E-state index in [1.54, 1.807) is 0 Å². The lowest BCUT2D eigenvalue weighted by Crippen LogP contribution is -2.31. The second-order valence-corrected chi connectivity index (χ2v) is 5.53. The minimum absolute atomic E-state index is 0.108. The van der Waals surface area contributed by atoms with E-state index in [2.05, 4.69) is 0 Å². The van der Waals surface area contributed by atoms with Gasteiger partial charge >= 0.3 is 0 Å². The first kappa shape index (κ1) is 14.8. The Morgan fingerprint density at radius 3 is 2.84 bits per heavy atom. The number of ether oxygens (including phenoxy) is 2. The van der Waals surface area contributed by atoms with E-state index in [4.69, 9.17) is 26.8 Å². The summed E-state index contributed by atoms with van der Waals surface area (Å²) in [5.41, 5.74) is 6.98. The highest BCUT2D eigenvalue weighted by atomic mass is 35.5. The van der Waals surface area contributed by atoms with Gasteiger partial charge in [-0.2, -0.15) is 0 Å². The molecule has 1 aliphatic heterocycles. The van der Waals surface area contributed by atoms with E-state index in [1.165, 1.54) is 6.42 Å². The quantitative estimate of drug-likeness (QED) is 0.902. The molecule has 3 atom stereocenters. The third kappa shape index (κ3) is 4.18. The maximum absolute atomic E-state index is 6.22. The zero-order valence-electron chi connectivity index (χ0n) is 11.3. The molecule has 3 unspecified atom stereocenters. The van der Waals surface area contributed by atoms with Crippen molar-refractivity contribution in [3.63, 3.8) is 0 Å². The summed E-state index contributed by atoms with van der Waals surface area (Å²) in [4.78, 5) is 0. The molecule has 2 N–H and O–H groups in total. The standard InChI is InChI=1S/C15H22ClNO2/c1-11(17)15(13-7-2-3-8-14(13)16)19-10-12-6-4-5-9-18-12/h2-3,7-8,11-12,15H,4-6,9-10,17H2,1H3. The van der Waals surface area contributed by atoms with Crippen molar-refractivity contribution in [2.24, 2.45) is 5.73 Å². The Labute approximate surface area is 120 Å². The van der Waals surface area contributed by atoms with Crippen LogP contribution >= 0.6 is 11.6 Å². The van der Waals surface area contributed by atoms with Crippen LogP contribution in [0.2, 0.25) is 5.02 Å². The monoisotopic (exact) mass is 283 g/mol. The summed E-state index contributed by atoms with van der Waals surface area (Å²) >= 11 is 6.22. The molecule has 2 rings (SSSR count). The molecule has 0 saturated carbocycles. The van der Waals surface area contributed by atoms with Crippen molar-refractivity contribution in [2.45, 2.75) is 44.4 Å². The molecule has 3 nitrogen and oxygen atoms in total. The fourth-order valence-electron chi connectivity index (χ4n) is 2.38. The van der Waals surface area contributed by atoms with Crippen LogP contribution in [0.5, 0.6) is 0 Å². The molecule has 0 spiro atoms. The summed E-state index contributed by atoms with van der Waals surface area (Å²) in [7, 11) is 0. The summed E-state index contributed by atoms with van der Waals surface area (Å²) in [5.74, 6) is 0. The van der Waals surface area contributed by atoms with Gasteiger partial charge in [0.1, 0.15) is 0 Å². The van der Waals surface area contributed by atoms with Gasteiger partial charge in [0.15, 0.2) is 0 Å². The van der Waals surface area contributed by atoms with Gasteiger partial charge in [-0.25, -0.2) is 0 Å². The van der Waals surface area contributed by atoms with Crippen LogP contribution in [0.4, 0.5) is 0 Å². The molecule has 1 heterocycles. The Kier molecular flexibility index (Phi) is 5.64. The van der Waals surface area contributed by atoms with Crippen LogP contribution in [-0.2, 0) is 9.47 Å². The third-order valence-electron chi connectivity index (χ3n) is 3.42. The largest absolute Gasteiger partial charge is 0.376 e. The van der Waals surface area contributed by atoms with Crippen LogP contribution in [0.1, 0.15) is 37.9 Å². The molecule has 1 aromatic rings. The van der Waals surface area contributed by atoms with E-state index >= 15 is 0 Å². The van der Waals surface area contributed by atoms with Crippen molar-refractivity contribution in [1.82, 2.24) is 0 Å². The summed E-state index contributed by atoms with van der Waals surface area (Å²) in [5, 5.41) is 0.703. The smallest absolute Gasteiger partial charge is 0.0988 e. The molecular weight excluding hydrogens is 262 g/mol. The van der Waals surface area contributed by atoms with E-state index in [9.17, 15) is 0 Å². The Morgan fingerprint density at radius 1 is 1.42 bits per heavy atom. The van der Waals surface area contributed by atoms with Gasteiger partial charge in [0.25, 0.3) is 0 Å². The SMILES string of the molecule is CC(N)C(OCC1CCCCO1)c1ccccc1Cl. The van der Waals surface area contributed by atoms with Gasteiger partial charge in [0.2, 0.25) is 0 Å². The predicted molar refractivity (Wildman–Crippen MR) is 77.4 cm³/mol. The predicted octanol–water partition coefficient (Wildman–Crippen LogP) is 3.31. The van der Waals surface area contributed by atoms with Gasteiger partial charge < -0.3 is 15.2 Å². The minimum Gasteiger partial charge on any atom is -0.376 e. The molecule has 1 aliphatic rings. The fourth-order valence-corrected chi connectivity index (χ4v) is 2.62. The van der Waals surface area contributed by atoms with Crippen LogP contribution in [0.3, 0.4) is 0 Å². The molecule has 0 aromatic heterocycles. The van der Waals surface area contributed by atoms with Crippen LogP contribution < -0.4 is 5.73 Å². The van der Waals surface area contributed by atoms with Crippen molar-refractivity contribution in [2.75, 3.05) is 13.2 Å².